The number of imidazole rings is 1. The summed E-state index contributed by atoms with van der Waals surface area (Å²) in [5, 5.41) is 10.0. The van der Waals surface area contributed by atoms with E-state index in [4.69, 9.17) is 0 Å². The van der Waals surface area contributed by atoms with Crippen LogP contribution < -0.4 is 0 Å². The zero-order valence-electron chi connectivity index (χ0n) is 13.5. The number of hydrogen-bond donors (Lipinski definition) is 1. The van der Waals surface area contributed by atoms with Crippen molar-refractivity contribution in [1.29, 1.82) is 0 Å². The zero-order valence-corrected chi connectivity index (χ0v) is 14.3. The van der Waals surface area contributed by atoms with Gasteiger partial charge in [0.25, 0.3) is 0 Å². The van der Waals surface area contributed by atoms with E-state index in [1.54, 1.807) is 12.3 Å². The third-order valence-corrected chi connectivity index (χ3v) is 4.47. The number of thioether (sulfide) groups is 1. The van der Waals surface area contributed by atoms with Gasteiger partial charge in [-0.2, -0.15) is 13.2 Å². The van der Waals surface area contributed by atoms with E-state index in [1.165, 1.54) is 16.2 Å². The largest absolute Gasteiger partial charge is 0.506 e. The van der Waals surface area contributed by atoms with Crippen LogP contribution >= 0.6 is 11.8 Å². The maximum Gasteiger partial charge on any atom is 0.433 e. The number of nitrogens with zero attached hydrogens (tertiary/aromatic N) is 4. The van der Waals surface area contributed by atoms with E-state index in [2.05, 4.69) is 15.0 Å². The molecule has 3 heterocycles. The van der Waals surface area contributed by atoms with Gasteiger partial charge in [0.15, 0.2) is 0 Å². The van der Waals surface area contributed by atoms with Gasteiger partial charge in [0.05, 0.1) is 5.69 Å². The minimum Gasteiger partial charge on any atom is -0.506 e. The summed E-state index contributed by atoms with van der Waals surface area (Å²) in [4.78, 5) is 12.9. The number of alkyl halides is 3. The molecule has 0 atom stereocenters. The van der Waals surface area contributed by atoms with Crippen molar-refractivity contribution in [2.75, 3.05) is 5.75 Å². The Kier molecular flexibility index (Phi) is 4.59. The molecule has 0 aromatic carbocycles. The molecule has 3 aromatic rings. The number of pyridine rings is 1. The predicted octanol–water partition coefficient (Wildman–Crippen LogP) is 4.19. The Balaban J connectivity index is 2.15. The SMILES string of the molecule is CCSc1cc(O)c(CC)nc1-c1cn2cnc(C(F)(F)F)cc2n1. The van der Waals surface area contributed by atoms with Crippen molar-refractivity contribution in [3.05, 3.63) is 36.0 Å². The quantitative estimate of drug-likeness (QED) is 0.700. The fourth-order valence-corrected chi connectivity index (χ4v) is 3.19. The minimum absolute atomic E-state index is 0.104. The van der Waals surface area contributed by atoms with Crippen LogP contribution in [0.4, 0.5) is 13.2 Å². The third-order valence-electron chi connectivity index (χ3n) is 3.56. The first-order valence-electron chi connectivity index (χ1n) is 7.61. The second-order valence-electron chi connectivity index (χ2n) is 5.25. The highest BCUT2D eigenvalue weighted by molar-refractivity contribution is 7.99. The zero-order chi connectivity index (χ0) is 18.2. The molecule has 3 aromatic heterocycles. The molecule has 25 heavy (non-hydrogen) atoms. The number of rotatable bonds is 4. The highest BCUT2D eigenvalue weighted by Crippen LogP contribution is 2.34. The number of aromatic nitrogens is 4. The highest BCUT2D eigenvalue weighted by Gasteiger charge is 2.33. The maximum atomic E-state index is 12.8. The van der Waals surface area contributed by atoms with Crippen LogP contribution in [0.25, 0.3) is 17.0 Å². The van der Waals surface area contributed by atoms with Crippen LogP contribution in [0.3, 0.4) is 0 Å². The lowest BCUT2D eigenvalue weighted by Gasteiger charge is -2.09. The standard InChI is InChI=1S/C16H15F3N4OS/c1-3-9-11(24)5-12(25-4-2)15(22-9)10-7-23-8-20-13(16(17,18)19)6-14(23)21-10/h5-8,24H,3-4H2,1-2H3. The Bertz CT molecular complexity index is 924. The van der Waals surface area contributed by atoms with Gasteiger partial charge in [0, 0.05) is 17.2 Å². The number of aryl methyl sites for hydroxylation is 1. The van der Waals surface area contributed by atoms with Crippen molar-refractivity contribution in [1.82, 2.24) is 19.4 Å². The van der Waals surface area contributed by atoms with Crippen LogP contribution in [-0.2, 0) is 12.6 Å². The normalized spacial score (nSPS) is 12.0. The van der Waals surface area contributed by atoms with Gasteiger partial charge in [-0.3, -0.25) is 4.40 Å². The molecule has 132 valence electrons. The van der Waals surface area contributed by atoms with Gasteiger partial charge in [-0.1, -0.05) is 13.8 Å². The molecule has 0 aliphatic carbocycles. The molecule has 0 radical (unpaired) electrons. The summed E-state index contributed by atoms with van der Waals surface area (Å²) in [5.74, 6) is 0.860. The molecule has 0 aliphatic rings. The van der Waals surface area contributed by atoms with E-state index < -0.39 is 11.9 Å². The van der Waals surface area contributed by atoms with Gasteiger partial charge in [0.1, 0.15) is 34.8 Å². The average Bonchev–Trinajstić information content (AvgIpc) is 2.97. The van der Waals surface area contributed by atoms with E-state index in [0.717, 1.165) is 23.0 Å². The molecule has 0 unspecified atom stereocenters. The third kappa shape index (κ3) is 3.41. The van der Waals surface area contributed by atoms with Crippen molar-refractivity contribution in [2.45, 2.75) is 31.3 Å². The van der Waals surface area contributed by atoms with E-state index in [-0.39, 0.29) is 11.4 Å². The van der Waals surface area contributed by atoms with Gasteiger partial charge >= 0.3 is 6.18 Å². The van der Waals surface area contributed by atoms with E-state index in [9.17, 15) is 18.3 Å². The molecule has 9 heteroatoms. The second-order valence-corrected chi connectivity index (χ2v) is 6.56. The lowest BCUT2D eigenvalue weighted by molar-refractivity contribution is -0.141. The Hall–Kier alpha value is -2.29. The number of hydrogen-bond acceptors (Lipinski definition) is 5. The molecule has 5 nitrogen and oxygen atoms in total. The lowest BCUT2D eigenvalue weighted by atomic mass is 10.2. The lowest BCUT2D eigenvalue weighted by Crippen LogP contribution is -2.08. The maximum absolute atomic E-state index is 12.8. The Morgan fingerprint density at radius 2 is 1.96 bits per heavy atom. The molecule has 0 spiro atoms. The van der Waals surface area contributed by atoms with Crippen LogP contribution in [0, 0.1) is 0 Å². The summed E-state index contributed by atoms with van der Waals surface area (Å²) in [6.45, 7) is 3.82. The minimum atomic E-state index is -4.52. The van der Waals surface area contributed by atoms with Crippen molar-refractivity contribution in [3.63, 3.8) is 0 Å². The van der Waals surface area contributed by atoms with Crippen molar-refractivity contribution in [3.8, 4) is 17.1 Å². The van der Waals surface area contributed by atoms with Gasteiger partial charge in [-0.05, 0) is 18.2 Å². The Labute approximate surface area is 146 Å². The van der Waals surface area contributed by atoms with Crippen molar-refractivity contribution >= 4 is 17.4 Å². The molecule has 0 aliphatic heterocycles. The number of halogens is 3. The van der Waals surface area contributed by atoms with E-state index >= 15 is 0 Å². The molecule has 0 bridgehead atoms. The molecule has 0 saturated carbocycles. The van der Waals surface area contributed by atoms with Crippen LogP contribution in [0.2, 0.25) is 0 Å². The summed E-state index contributed by atoms with van der Waals surface area (Å²) in [5.41, 5.74) is 0.637. The van der Waals surface area contributed by atoms with E-state index in [0.29, 0.717) is 23.5 Å². The molecule has 1 N–H and O–H groups in total. The topological polar surface area (TPSA) is 63.3 Å². The fraction of sp³-hybridized carbons (Fsp3) is 0.312. The first-order valence-corrected chi connectivity index (χ1v) is 8.60. The number of aromatic hydroxyl groups is 1. The van der Waals surface area contributed by atoms with Crippen LogP contribution in [-0.4, -0.2) is 30.2 Å². The second kappa shape index (κ2) is 6.55. The average molecular weight is 368 g/mol. The molecular formula is C16H15F3N4OS. The monoisotopic (exact) mass is 368 g/mol. The van der Waals surface area contributed by atoms with Gasteiger partial charge in [0.2, 0.25) is 0 Å². The Morgan fingerprint density at radius 3 is 2.60 bits per heavy atom. The number of fused-ring (bicyclic) bond motifs is 1. The molecule has 0 amide bonds. The molecule has 0 fully saturated rings. The van der Waals surface area contributed by atoms with Crippen molar-refractivity contribution < 1.29 is 18.3 Å². The molecule has 3 rings (SSSR count). The molecule has 0 saturated heterocycles. The van der Waals surface area contributed by atoms with Crippen LogP contribution in [0.15, 0.2) is 29.6 Å². The highest BCUT2D eigenvalue weighted by atomic mass is 32.2. The van der Waals surface area contributed by atoms with Gasteiger partial charge < -0.3 is 5.11 Å². The van der Waals surface area contributed by atoms with Crippen LogP contribution in [0.5, 0.6) is 5.75 Å². The van der Waals surface area contributed by atoms with Crippen molar-refractivity contribution in [2.24, 2.45) is 0 Å². The smallest absolute Gasteiger partial charge is 0.433 e. The summed E-state index contributed by atoms with van der Waals surface area (Å²) in [6, 6.07) is 2.52. The summed E-state index contributed by atoms with van der Waals surface area (Å²) in [6.07, 6.45) is -1.32. The van der Waals surface area contributed by atoms with Gasteiger partial charge in [-0.15, -0.1) is 11.8 Å². The van der Waals surface area contributed by atoms with Gasteiger partial charge in [-0.25, -0.2) is 15.0 Å². The predicted molar refractivity (Wildman–Crippen MR) is 88.7 cm³/mol. The van der Waals surface area contributed by atoms with Crippen LogP contribution in [0.1, 0.15) is 25.2 Å². The van der Waals surface area contributed by atoms with E-state index in [1.807, 2.05) is 13.8 Å². The summed E-state index contributed by atoms with van der Waals surface area (Å²) >= 11 is 1.48. The Morgan fingerprint density at radius 1 is 1.20 bits per heavy atom. The summed E-state index contributed by atoms with van der Waals surface area (Å²) in [7, 11) is 0. The molecular weight excluding hydrogens is 353 g/mol. The summed E-state index contributed by atoms with van der Waals surface area (Å²) < 4.78 is 39.9. The first-order chi connectivity index (χ1) is 11.8. The first kappa shape index (κ1) is 17.5. The fourth-order valence-electron chi connectivity index (χ4n) is 2.39.